The van der Waals surface area contributed by atoms with Crippen molar-refractivity contribution in [2.24, 2.45) is 0 Å². The monoisotopic (exact) mass is 234 g/mol. The summed E-state index contributed by atoms with van der Waals surface area (Å²) in [5, 5.41) is 10.3. The summed E-state index contributed by atoms with van der Waals surface area (Å²) < 4.78 is 12.7. The van der Waals surface area contributed by atoms with E-state index in [9.17, 15) is 4.39 Å². The molecule has 2 heterocycles. The molecule has 0 fully saturated rings. The Balaban J connectivity index is 2.04. The number of hydrogen-bond acceptors (Lipinski definition) is 3. The number of pyridine rings is 1. The molecule has 0 aromatic carbocycles. The number of aromatic nitrogens is 3. The predicted molar refractivity (Wildman–Crippen MR) is 63.8 cm³/mol. The summed E-state index contributed by atoms with van der Waals surface area (Å²) in [5.41, 5.74) is 2.40. The second-order valence-electron chi connectivity index (χ2n) is 3.82. The molecule has 4 nitrogen and oxygen atoms in total. The van der Waals surface area contributed by atoms with Crippen molar-refractivity contribution in [1.29, 1.82) is 0 Å². The lowest BCUT2D eigenvalue weighted by atomic mass is 10.2. The summed E-state index contributed by atoms with van der Waals surface area (Å²) in [7, 11) is 0. The van der Waals surface area contributed by atoms with Crippen molar-refractivity contribution >= 4 is 0 Å². The normalized spacial score (nSPS) is 10.7. The van der Waals surface area contributed by atoms with E-state index in [2.05, 4.69) is 27.4 Å². The third-order valence-corrected chi connectivity index (χ3v) is 2.36. The van der Waals surface area contributed by atoms with Gasteiger partial charge in [-0.05, 0) is 31.2 Å². The van der Waals surface area contributed by atoms with Crippen LogP contribution in [0.15, 0.2) is 24.4 Å². The number of rotatable bonds is 5. The van der Waals surface area contributed by atoms with Crippen LogP contribution in [-0.2, 0) is 6.54 Å². The Morgan fingerprint density at radius 2 is 2.24 bits per heavy atom. The van der Waals surface area contributed by atoms with E-state index in [1.54, 1.807) is 6.07 Å². The maximum atomic E-state index is 12.7. The summed E-state index contributed by atoms with van der Waals surface area (Å²) in [6.07, 6.45) is 2.29. The van der Waals surface area contributed by atoms with E-state index in [-0.39, 0.29) is 5.82 Å². The first kappa shape index (κ1) is 11.7. The molecule has 0 atom stereocenters. The molecule has 0 aliphatic rings. The Labute approximate surface area is 99.3 Å². The lowest BCUT2D eigenvalue weighted by Crippen LogP contribution is -2.13. The fraction of sp³-hybridized carbons (Fsp3) is 0.333. The van der Waals surface area contributed by atoms with Gasteiger partial charge in [-0.25, -0.2) is 4.39 Å². The van der Waals surface area contributed by atoms with Crippen LogP contribution in [0.3, 0.4) is 0 Å². The molecule has 0 saturated carbocycles. The smallest absolute Gasteiger partial charge is 0.141 e. The van der Waals surface area contributed by atoms with E-state index in [4.69, 9.17) is 0 Å². The van der Waals surface area contributed by atoms with Gasteiger partial charge in [0.05, 0.1) is 11.9 Å². The van der Waals surface area contributed by atoms with Crippen LogP contribution in [0, 0.1) is 5.82 Å². The van der Waals surface area contributed by atoms with Crippen LogP contribution < -0.4 is 5.32 Å². The van der Waals surface area contributed by atoms with Crippen molar-refractivity contribution in [3.05, 3.63) is 35.9 Å². The minimum atomic E-state index is -0.339. The Hall–Kier alpha value is -1.75. The fourth-order valence-corrected chi connectivity index (χ4v) is 1.51. The fourth-order valence-electron chi connectivity index (χ4n) is 1.51. The minimum Gasteiger partial charge on any atom is -0.311 e. The van der Waals surface area contributed by atoms with Gasteiger partial charge in [0.15, 0.2) is 0 Å². The highest BCUT2D eigenvalue weighted by Gasteiger charge is 2.04. The molecule has 2 aromatic heterocycles. The number of nitrogens with one attached hydrogen (secondary N) is 2. The minimum absolute atomic E-state index is 0.339. The number of aromatic amines is 1. The number of hydrogen-bond donors (Lipinski definition) is 2. The van der Waals surface area contributed by atoms with E-state index in [0.717, 1.165) is 30.9 Å². The first-order valence-electron chi connectivity index (χ1n) is 5.66. The average Bonchev–Trinajstić information content (AvgIpc) is 2.79. The number of nitrogens with zero attached hydrogens (tertiary/aromatic N) is 2. The molecular weight excluding hydrogens is 219 g/mol. The van der Waals surface area contributed by atoms with Gasteiger partial charge in [0.2, 0.25) is 0 Å². The van der Waals surface area contributed by atoms with Crippen molar-refractivity contribution < 1.29 is 4.39 Å². The van der Waals surface area contributed by atoms with Crippen LogP contribution >= 0.6 is 0 Å². The van der Waals surface area contributed by atoms with Gasteiger partial charge in [-0.15, -0.1) is 0 Å². The van der Waals surface area contributed by atoms with Gasteiger partial charge in [0.25, 0.3) is 0 Å². The third-order valence-electron chi connectivity index (χ3n) is 2.36. The molecule has 0 radical (unpaired) electrons. The Kier molecular flexibility index (Phi) is 3.82. The van der Waals surface area contributed by atoms with Crippen LogP contribution in [0.1, 0.15) is 19.0 Å². The van der Waals surface area contributed by atoms with Gasteiger partial charge < -0.3 is 5.32 Å². The summed E-state index contributed by atoms with van der Waals surface area (Å²) in [6.45, 7) is 3.85. The van der Waals surface area contributed by atoms with Crippen molar-refractivity contribution in [3.63, 3.8) is 0 Å². The largest absolute Gasteiger partial charge is 0.311 e. The van der Waals surface area contributed by atoms with Crippen LogP contribution in [0.4, 0.5) is 4.39 Å². The summed E-state index contributed by atoms with van der Waals surface area (Å²) in [5.74, 6) is -0.339. The van der Waals surface area contributed by atoms with Crippen molar-refractivity contribution in [3.8, 4) is 11.4 Å². The van der Waals surface area contributed by atoms with Crippen molar-refractivity contribution in [2.45, 2.75) is 19.9 Å². The second-order valence-corrected chi connectivity index (χ2v) is 3.82. The molecule has 0 aliphatic heterocycles. The molecule has 0 amide bonds. The Morgan fingerprint density at radius 1 is 1.35 bits per heavy atom. The SMILES string of the molecule is CCCNCc1cc(-c2ccc(F)cn2)n[nH]1. The van der Waals surface area contributed by atoms with E-state index in [1.165, 1.54) is 12.3 Å². The lowest BCUT2D eigenvalue weighted by molar-refractivity contribution is 0.622. The average molecular weight is 234 g/mol. The van der Waals surface area contributed by atoms with E-state index >= 15 is 0 Å². The zero-order valence-electron chi connectivity index (χ0n) is 9.70. The zero-order valence-corrected chi connectivity index (χ0v) is 9.70. The molecule has 0 aliphatic carbocycles. The summed E-state index contributed by atoms with van der Waals surface area (Å²) in [6, 6.07) is 4.92. The van der Waals surface area contributed by atoms with Gasteiger partial charge in [-0.1, -0.05) is 6.92 Å². The van der Waals surface area contributed by atoms with Crippen LogP contribution in [-0.4, -0.2) is 21.7 Å². The molecule has 2 rings (SSSR count). The molecule has 17 heavy (non-hydrogen) atoms. The van der Waals surface area contributed by atoms with Gasteiger partial charge in [0, 0.05) is 12.2 Å². The molecule has 0 spiro atoms. The first-order valence-corrected chi connectivity index (χ1v) is 5.66. The Morgan fingerprint density at radius 3 is 2.94 bits per heavy atom. The standard InChI is InChI=1S/C12H15FN4/c1-2-5-14-8-10-6-12(17-16-10)11-4-3-9(13)7-15-11/h3-4,6-7,14H,2,5,8H2,1H3,(H,16,17). The molecule has 0 unspecified atom stereocenters. The third kappa shape index (κ3) is 3.10. The highest BCUT2D eigenvalue weighted by atomic mass is 19.1. The van der Waals surface area contributed by atoms with Gasteiger partial charge in [0.1, 0.15) is 11.5 Å². The van der Waals surface area contributed by atoms with Crippen molar-refractivity contribution in [1.82, 2.24) is 20.5 Å². The topological polar surface area (TPSA) is 53.6 Å². The van der Waals surface area contributed by atoms with Crippen LogP contribution in [0.25, 0.3) is 11.4 Å². The number of H-pyrrole nitrogens is 1. The van der Waals surface area contributed by atoms with E-state index in [1.807, 2.05) is 6.07 Å². The second kappa shape index (κ2) is 5.54. The van der Waals surface area contributed by atoms with E-state index in [0.29, 0.717) is 5.69 Å². The first-order chi connectivity index (χ1) is 8.29. The molecule has 0 saturated heterocycles. The van der Waals surface area contributed by atoms with E-state index < -0.39 is 0 Å². The van der Waals surface area contributed by atoms with Crippen LogP contribution in [0.5, 0.6) is 0 Å². The lowest BCUT2D eigenvalue weighted by Gasteiger charge is -1.98. The zero-order chi connectivity index (χ0) is 12.1. The van der Waals surface area contributed by atoms with Gasteiger partial charge in [-0.3, -0.25) is 10.1 Å². The highest BCUT2D eigenvalue weighted by Crippen LogP contribution is 2.14. The summed E-state index contributed by atoms with van der Waals surface area (Å²) >= 11 is 0. The molecule has 2 N–H and O–H groups in total. The summed E-state index contributed by atoms with van der Waals surface area (Å²) in [4.78, 5) is 3.98. The molecule has 0 bridgehead atoms. The highest BCUT2D eigenvalue weighted by molar-refractivity contribution is 5.53. The van der Waals surface area contributed by atoms with Gasteiger partial charge in [-0.2, -0.15) is 5.10 Å². The van der Waals surface area contributed by atoms with Crippen LogP contribution in [0.2, 0.25) is 0 Å². The van der Waals surface area contributed by atoms with Gasteiger partial charge >= 0.3 is 0 Å². The molecule has 2 aromatic rings. The Bertz CT molecular complexity index is 464. The molecule has 5 heteroatoms. The maximum absolute atomic E-state index is 12.7. The van der Waals surface area contributed by atoms with Crippen molar-refractivity contribution in [2.75, 3.05) is 6.54 Å². The quantitative estimate of drug-likeness (QED) is 0.779. The molecular formula is C12H15FN4. The molecule has 90 valence electrons. The maximum Gasteiger partial charge on any atom is 0.141 e. The predicted octanol–water partition coefficient (Wildman–Crippen LogP) is 2.11. The number of halogens is 1.